The average Bonchev–Trinajstić information content (AvgIpc) is 3.18. The Kier molecular flexibility index (Phi) is 5.83. The smallest absolute Gasteiger partial charge is 0.234 e. The van der Waals surface area contributed by atoms with E-state index in [0.29, 0.717) is 6.54 Å². The Morgan fingerprint density at radius 3 is 2.66 bits per heavy atom. The Balaban J connectivity index is 1.28. The number of amides is 1. The highest BCUT2D eigenvalue weighted by Gasteiger charge is 2.22. The molecule has 0 bridgehead atoms. The minimum Gasteiger partial charge on any atom is -0.454 e. The molecule has 0 unspecified atom stereocenters. The van der Waals surface area contributed by atoms with Crippen molar-refractivity contribution in [3.8, 4) is 11.5 Å². The zero-order valence-corrected chi connectivity index (χ0v) is 17.5. The molecule has 2 heterocycles. The molecule has 6 nitrogen and oxygen atoms in total. The topological polar surface area (TPSA) is 54.0 Å². The average molecular weight is 416 g/mol. The van der Waals surface area contributed by atoms with Gasteiger partial charge in [0.2, 0.25) is 12.7 Å². The van der Waals surface area contributed by atoms with E-state index in [2.05, 4.69) is 28.1 Å². The minimum absolute atomic E-state index is 0.0301. The molecule has 0 saturated carbocycles. The standard InChI is InChI=1S/C22H26ClN3O3/c1-15-3-5-18(23)12-19(15)26-9-7-25(8-10-26)13-22(27)24-16(2)17-4-6-20-21(11-17)29-14-28-20/h3-6,11-12,16H,7-10,13-14H2,1-2H3,(H,24,27)/t16-/m0/s1. The molecule has 1 N–H and O–H groups in total. The van der Waals surface area contributed by atoms with Gasteiger partial charge in [0.15, 0.2) is 11.5 Å². The molecule has 0 radical (unpaired) electrons. The van der Waals surface area contributed by atoms with Crippen LogP contribution in [0.3, 0.4) is 0 Å². The van der Waals surface area contributed by atoms with Crippen LogP contribution >= 0.6 is 11.6 Å². The van der Waals surface area contributed by atoms with Gasteiger partial charge in [-0.3, -0.25) is 9.69 Å². The summed E-state index contributed by atoms with van der Waals surface area (Å²) < 4.78 is 10.8. The monoisotopic (exact) mass is 415 g/mol. The first-order valence-corrected chi connectivity index (χ1v) is 10.3. The predicted molar refractivity (Wildman–Crippen MR) is 114 cm³/mol. The van der Waals surface area contributed by atoms with Gasteiger partial charge >= 0.3 is 0 Å². The van der Waals surface area contributed by atoms with Gasteiger partial charge in [0.25, 0.3) is 0 Å². The van der Waals surface area contributed by atoms with E-state index in [-0.39, 0.29) is 18.7 Å². The number of fused-ring (bicyclic) bond motifs is 1. The first-order valence-electron chi connectivity index (χ1n) is 9.92. The van der Waals surface area contributed by atoms with E-state index in [1.165, 1.54) is 11.3 Å². The van der Waals surface area contributed by atoms with E-state index < -0.39 is 0 Å². The predicted octanol–water partition coefficient (Wildman–Crippen LogP) is 3.38. The molecule has 0 aromatic heterocycles. The highest BCUT2D eigenvalue weighted by atomic mass is 35.5. The molecular weight excluding hydrogens is 390 g/mol. The maximum absolute atomic E-state index is 12.5. The Morgan fingerprint density at radius 2 is 1.86 bits per heavy atom. The second-order valence-electron chi connectivity index (χ2n) is 7.60. The molecule has 2 aliphatic heterocycles. The van der Waals surface area contributed by atoms with Crippen molar-refractivity contribution in [3.63, 3.8) is 0 Å². The lowest BCUT2D eigenvalue weighted by atomic mass is 10.1. The van der Waals surface area contributed by atoms with Crippen molar-refractivity contribution in [2.45, 2.75) is 19.9 Å². The number of carbonyl (C=O) groups is 1. The van der Waals surface area contributed by atoms with Crippen molar-refractivity contribution in [3.05, 3.63) is 52.5 Å². The number of carbonyl (C=O) groups excluding carboxylic acids is 1. The van der Waals surface area contributed by atoms with Crippen LogP contribution in [-0.2, 0) is 4.79 Å². The zero-order valence-electron chi connectivity index (χ0n) is 16.8. The van der Waals surface area contributed by atoms with Crippen molar-refractivity contribution in [1.29, 1.82) is 0 Å². The fraction of sp³-hybridized carbons (Fsp3) is 0.409. The third kappa shape index (κ3) is 4.60. The van der Waals surface area contributed by atoms with Crippen molar-refractivity contribution in [2.75, 3.05) is 44.4 Å². The molecular formula is C22H26ClN3O3. The van der Waals surface area contributed by atoms with Crippen LogP contribution in [0.4, 0.5) is 5.69 Å². The first-order chi connectivity index (χ1) is 14.0. The number of halogens is 1. The van der Waals surface area contributed by atoms with Gasteiger partial charge in [-0.15, -0.1) is 0 Å². The molecule has 1 fully saturated rings. The van der Waals surface area contributed by atoms with Gasteiger partial charge in [-0.25, -0.2) is 0 Å². The number of piperazine rings is 1. The maximum atomic E-state index is 12.5. The van der Waals surface area contributed by atoms with Crippen LogP contribution in [0.15, 0.2) is 36.4 Å². The van der Waals surface area contributed by atoms with Crippen LogP contribution in [-0.4, -0.2) is 50.3 Å². The van der Waals surface area contributed by atoms with Crippen LogP contribution in [0.1, 0.15) is 24.1 Å². The number of rotatable bonds is 5. The summed E-state index contributed by atoms with van der Waals surface area (Å²) in [4.78, 5) is 17.1. The van der Waals surface area contributed by atoms with E-state index in [1.54, 1.807) is 0 Å². The summed E-state index contributed by atoms with van der Waals surface area (Å²) in [6, 6.07) is 11.7. The zero-order chi connectivity index (χ0) is 20.4. The van der Waals surface area contributed by atoms with Gasteiger partial charge in [0, 0.05) is 36.9 Å². The van der Waals surface area contributed by atoms with Gasteiger partial charge < -0.3 is 19.7 Å². The Hall–Kier alpha value is -2.44. The largest absolute Gasteiger partial charge is 0.454 e. The fourth-order valence-corrected chi connectivity index (χ4v) is 3.99. The van der Waals surface area contributed by atoms with Gasteiger partial charge in [-0.2, -0.15) is 0 Å². The number of ether oxygens (including phenoxy) is 2. The molecule has 1 atom stereocenters. The molecule has 29 heavy (non-hydrogen) atoms. The highest BCUT2D eigenvalue weighted by Crippen LogP contribution is 2.34. The maximum Gasteiger partial charge on any atom is 0.234 e. The van der Waals surface area contributed by atoms with Gasteiger partial charge in [0.05, 0.1) is 12.6 Å². The lowest BCUT2D eigenvalue weighted by molar-refractivity contribution is -0.123. The van der Waals surface area contributed by atoms with Crippen molar-refractivity contribution >= 4 is 23.2 Å². The number of anilines is 1. The summed E-state index contributed by atoms with van der Waals surface area (Å²) in [7, 11) is 0. The summed E-state index contributed by atoms with van der Waals surface area (Å²) in [5, 5.41) is 3.84. The SMILES string of the molecule is Cc1ccc(Cl)cc1N1CCN(CC(=O)N[C@@H](C)c2ccc3c(c2)OCO3)CC1. The summed E-state index contributed by atoms with van der Waals surface area (Å²) in [5.74, 6) is 1.51. The number of benzene rings is 2. The molecule has 0 aliphatic carbocycles. The Labute approximate surface area is 176 Å². The highest BCUT2D eigenvalue weighted by molar-refractivity contribution is 6.30. The Morgan fingerprint density at radius 1 is 1.10 bits per heavy atom. The minimum atomic E-state index is -0.0904. The van der Waals surface area contributed by atoms with Crippen LogP contribution in [0.5, 0.6) is 11.5 Å². The van der Waals surface area contributed by atoms with Crippen molar-refractivity contribution in [1.82, 2.24) is 10.2 Å². The van der Waals surface area contributed by atoms with Crippen LogP contribution in [0.2, 0.25) is 5.02 Å². The first kappa shape index (κ1) is 19.9. The molecule has 4 rings (SSSR count). The quantitative estimate of drug-likeness (QED) is 0.811. The number of aryl methyl sites for hydroxylation is 1. The number of nitrogens with zero attached hydrogens (tertiary/aromatic N) is 2. The number of nitrogens with one attached hydrogen (secondary N) is 1. The van der Waals surface area contributed by atoms with Crippen LogP contribution in [0, 0.1) is 6.92 Å². The molecule has 1 saturated heterocycles. The third-order valence-electron chi connectivity index (χ3n) is 5.53. The van der Waals surface area contributed by atoms with E-state index in [0.717, 1.165) is 48.3 Å². The normalized spacial score (nSPS) is 17.3. The van der Waals surface area contributed by atoms with E-state index in [9.17, 15) is 4.79 Å². The van der Waals surface area contributed by atoms with Crippen LogP contribution in [0.25, 0.3) is 0 Å². The second-order valence-corrected chi connectivity index (χ2v) is 8.03. The molecule has 2 aromatic rings. The van der Waals surface area contributed by atoms with Gasteiger partial charge in [-0.05, 0) is 49.2 Å². The lowest BCUT2D eigenvalue weighted by Crippen LogP contribution is -2.49. The van der Waals surface area contributed by atoms with Crippen LogP contribution < -0.4 is 19.7 Å². The molecule has 7 heteroatoms. The molecule has 0 spiro atoms. The molecule has 2 aromatic carbocycles. The van der Waals surface area contributed by atoms with E-state index in [1.807, 2.05) is 37.3 Å². The number of hydrogen-bond acceptors (Lipinski definition) is 5. The van der Waals surface area contributed by atoms with E-state index >= 15 is 0 Å². The number of hydrogen-bond donors (Lipinski definition) is 1. The summed E-state index contributed by atoms with van der Waals surface area (Å²) in [6.45, 7) is 8.18. The third-order valence-corrected chi connectivity index (χ3v) is 5.76. The van der Waals surface area contributed by atoms with E-state index in [4.69, 9.17) is 21.1 Å². The fourth-order valence-electron chi connectivity index (χ4n) is 3.83. The lowest BCUT2D eigenvalue weighted by Gasteiger charge is -2.36. The summed E-state index contributed by atoms with van der Waals surface area (Å²) in [5.41, 5.74) is 3.40. The second kappa shape index (κ2) is 8.51. The van der Waals surface area contributed by atoms with Crippen molar-refractivity contribution < 1.29 is 14.3 Å². The van der Waals surface area contributed by atoms with Crippen molar-refractivity contribution in [2.24, 2.45) is 0 Å². The molecule has 2 aliphatic rings. The molecule has 154 valence electrons. The summed E-state index contributed by atoms with van der Waals surface area (Å²) in [6.07, 6.45) is 0. The molecule has 1 amide bonds. The summed E-state index contributed by atoms with van der Waals surface area (Å²) >= 11 is 6.16. The van der Waals surface area contributed by atoms with Gasteiger partial charge in [-0.1, -0.05) is 23.7 Å². The Bertz CT molecular complexity index is 897. The van der Waals surface area contributed by atoms with Gasteiger partial charge in [0.1, 0.15) is 0 Å².